The van der Waals surface area contributed by atoms with Gasteiger partial charge in [0.25, 0.3) is 5.22 Å². The van der Waals surface area contributed by atoms with Crippen molar-refractivity contribution in [2.24, 2.45) is 0 Å². The molecule has 0 saturated heterocycles. The van der Waals surface area contributed by atoms with Gasteiger partial charge in [-0.2, -0.15) is 0 Å². The summed E-state index contributed by atoms with van der Waals surface area (Å²) in [6, 6.07) is 7.17. The molecular formula is C13H15N3O3S. The molecule has 0 aliphatic rings. The van der Waals surface area contributed by atoms with Gasteiger partial charge in [0.15, 0.2) is 0 Å². The Morgan fingerprint density at radius 3 is 2.80 bits per heavy atom. The Labute approximate surface area is 120 Å². The number of thioether (sulfide) groups is 1. The molecule has 0 bridgehead atoms. The van der Waals surface area contributed by atoms with E-state index in [0.29, 0.717) is 35.6 Å². The number of rotatable bonds is 6. The molecule has 1 aromatic carbocycles. The summed E-state index contributed by atoms with van der Waals surface area (Å²) < 4.78 is 10.3. The van der Waals surface area contributed by atoms with E-state index in [1.54, 1.807) is 19.1 Å². The molecule has 106 valence electrons. The van der Waals surface area contributed by atoms with E-state index in [9.17, 15) is 4.79 Å². The number of hydrogen-bond acceptors (Lipinski definition) is 7. The van der Waals surface area contributed by atoms with Crippen molar-refractivity contribution in [2.45, 2.75) is 18.6 Å². The number of aromatic nitrogens is 2. The maximum absolute atomic E-state index is 11.2. The van der Waals surface area contributed by atoms with Crippen LogP contribution in [0.25, 0.3) is 11.5 Å². The summed E-state index contributed by atoms with van der Waals surface area (Å²) in [6.45, 7) is 2.17. The van der Waals surface area contributed by atoms with Crippen LogP contribution in [0.5, 0.6) is 0 Å². The predicted molar refractivity (Wildman–Crippen MR) is 76.1 cm³/mol. The molecule has 2 rings (SSSR count). The number of hydrogen-bond donors (Lipinski definition) is 1. The second-order valence-electron chi connectivity index (χ2n) is 3.90. The van der Waals surface area contributed by atoms with Crippen molar-refractivity contribution in [1.82, 2.24) is 10.2 Å². The molecule has 0 unspecified atom stereocenters. The fraction of sp³-hybridized carbons (Fsp3) is 0.308. The van der Waals surface area contributed by atoms with E-state index in [2.05, 4.69) is 10.2 Å². The summed E-state index contributed by atoms with van der Waals surface area (Å²) in [4.78, 5) is 11.2. The highest BCUT2D eigenvalue weighted by molar-refractivity contribution is 7.99. The van der Waals surface area contributed by atoms with Crippen LogP contribution in [0.15, 0.2) is 33.9 Å². The second-order valence-corrected chi connectivity index (χ2v) is 4.94. The molecule has 2 N–H and O–H groups in total. The van der Waals surface area contributed by atoms with Crippen molar-refractivity contribution in [2.75, 3.05) is 18.1 Å². The number of nitrogen functional groups attached to an aromatic ring is 1. The topological polar surface area (TPSA) is 91.2 Å². The van der Waals surface area contributed by atoms with E-state index in [4.69, 9.17) is 14.9 Å². The first-order valence-corrected chi connectivity index (χ1v) is 7.15. The number of carbonyl (C=O) groups excluding carboxylic acids is 1. The number of esters is 1. The van der Waals surface area contributed by atoms with Gasteiger partial charge in [-0.3, -0.25) is 4.79 Å². The van der Waals surface area contributed by atoms with Crippen LogP contribution >= 0.6 is 11.8 Å². The van der Waals surface area contributed by atoms with Gasteiger partial charge in [-0.25, -0.2) is 0 Å². The molecule has 0 fully saturated rings. The number of carbonyl (C=O) groups is 1. The lowest BCUT2D eigenvalue weighted by molar-refractivity contribution is -0.142. The van der Waals surface area contributed by atoms with Crippen LogP contribution in [0.4, 0.5) is 5.69 Å². The smallest absolute Gasteiger partial charge is 0.306 e. The summed E-state index contributed by atoms with van der Waals surface area (Å²) in [5.74, 6) is 0.754. The van der Waals surface area contributed by atoms with Crippen molar-refractivity contribution >= 4 is 23.4 Å². The summed E-state index contributed by atoms with van der Waals surface area (Å²) in [7, 11) is 0. The van der Waals surface area contributed by atoms with Crippen molar-refractivity contribution in [3.05, 3.63) is 24.3 Å². The Bertz CT molecular complexity index is 568. The monoisotopic (exact) mass is 293 g/mol. The Morgan fingerprint density at radius 1 is 1.35 bits per heavy atom. The molecule has 0 radical (unpaired) electrons. The van der Waals surface area contributed by atoms with Crippen molar-refractivity contribution in [1.29, 1.82) is 0 Å². The molecule has 0 atom stereocenters. The number of nitrogens with two attached hydrogens (primary N) is 1. The lowest BCUT2D eigenvalue weighted by Crippen LogP contribution is -2.04. The molecule has 7 heteroatoms. The molecule has 1 aromatic heterocycles. The molecule has 0 aliphatic carbocycles. The van der Waals surface area contributed by atoms with E-state index < -0.39 is 0 Å². The largest absolute Gasteiger partial charge is 0.466 e. The van der Waals surface area contributed by atoms with Crippen LogP contribution in [0.2, 0.25) is 0 Å². The lowest BCUT2D eigenvalue weighted by atomic mass is 10.2. The van der Waals surface area contributed by atoms with E-state index in [1.807, 2.05) is 12.1 Å². The predicted octanol–water partition coefficient (Wildman–Crippen LogP) is 2.36. The average Bonchev–Trinajstić information content (AvgIpc) is 2.89. The van der Waals surface area contributed by atoms with Crippen LogP contribution in [0.1, 0.15) is 13.3 Å². The van der Waals surface area contributed by atoms with E-state index in [0.717, 1.165) is 5.56 Å². The van der Waals surface area contributed by atoms with E-state index in [-0.39, 0.29) is 5.97 Å². The molecule has 6 nitrogen and oxygen atoms in total. The molecule has 0 amide bonds. The van der Waals surface area contributed by atoms with Gasteiger partial charge in [0.2, 0.25) is 5.89 Å². The molecule has 2 aromatic rings. The maximum atomic E-state index is 11.2. The minimum atomic E-state index is -0.224. The fourth-order valence-corrected chi connectivity index (χ4v) is 2.15. The van der Waals surface area contributed by atoms with Crippen molar-refractivity contribution in [3.63, 3.8) is 0 Å². The van der Waals surface area contributed by atoms with Crippen molar-refractivity contribution < 1.29 is 13.9 Å². The first-order valence-electron chi connectivity index (χ1n) is 6.17. The second kappa shape index (κ2) is 6.95. The van der Waals surface area contributed by atoms with Gasteiger partial charge in [0.05, 0.1) is 13.0 Å². The van der Waals surface area contributed by atoms with Crippen LogP contribution in [-0.4, -0.2) is 28.5 Å². The number of ether oxygens (including phenoxy) is 1. The zero-order valence-corrected chi connectivity index (χ0v) is 11.9. The highest BCUT2D eigenvalue weighted by Crippen LogP contribution is 2.24. The summed E-state index contributed by atoms with van der Waals surface area (Å²) >= 11 is 1.33. The van der Waals surface area contributed by atoms with Crippen LogP contribution in [0, 0.1) is 0 Å². The zero-order valence-electron chi connectivity index (χ0n) is 11.0. The third kappa shape index (κ3) is 3.99. The van der Waals surface area contributed by atoms with E-state index >= 15 is 0 Å². The van der Waals surface area contributed by atoms with Gasteiger partial charge in [0, 0.05) is 17.0 Å². The molecule has 0 aliphatic heterocycles. The summed E-state index contributed by atoms with van der Waals surface area (Å²) in [5.41, 5.74) is 7.10. The Balaban J connectivity index is 1.89. The first kappa shape index (κ1) is 14.4. The van der Waals surface area contributed by atoms with Gasteiger partial charge in [-0.05, 0) is 31.2 Å². The number of benzene rings is 1. The average molecular weight is 293 g/mol. The lowest BCUT2D eigenvalue weighted by Gasteiger charge is -1.99. The SMILES string of the molecule is CCOC(=O)CCSc1nnc(-c2ccc(N)cc2)o1. The van der Waals surface area contributed by atoms with Gasteiger partial charge in [-0.1, -0.05) is 11.8 Å². The van der Waals surface area contributed by atoms with Gasteiger partial charge < -0.3 is 14.9 Å². The summed E-state index contributed by atoms with van der Waals surface area (Å²) in [5, 5.41) is 8.31. The maximum Gasteiger partial charge on any atom is 0.306 e. The third-order valence-corrected chi connectivity index (χ3v) is 3.22. The number of anilines is 1. The summed E-state index contributed by atoms with van der Waals surface area (Å²) in [6.07, 6.45) is 0.318. The quantitative estimate of drug-likeness (QED) is 0.496. The van der Waals surface area contributed by atoms with Gasteiger partial charge in [-0.15, -0.1) is 10.2 Å². The number of nitrogens with zero attached hydrogens (tertiary/aromatic N) is 2. The third-order valence-electron chi connectivity index (χ3n) is 2.40. The van der Waals surface area contributed by atoms with Gasteiger partial charge >= 0.3 is 5.97 Å². The Morgan fingerprint density at radius 2 is 2.10 bits per heavy atom. The van der Waals surface area contributed by atoms with Gasteiger partial charge in [0.1, 0.15) is 0 Å². The van der Waals surface area contributed by atoms with Crippen LogP contribution in [-0.2, 0) is 9.53 Å². The molecule has 0 saturated carbocycles. The standard InChI is InChI=1S/C13H15N3O3S/c1-2-18-11(17)7-8-20-13-16-15-12(19-13)9-3-5-10(14)6-4-9/h3-6H,2,7-8,14H2,1H3. The van der Waals surface area contributed by atoms with E-state index in [1.165, 1.54) is 11.8 Å². The zero-order chi connectivity index (χ0) is 14.4. The first-order chi connectivity index (χ1) is 9.69. The Hall–Kier alpha value is -2.02. The highest BCUT2D eigenvalue weighted by Gasteiger charge is 2.10. The highest BCUT2D eigenvalue weighted by atomic mass is 32.2. The molecular weight excluding hydrogens is 278 g/mol. The minimum absolute atomic E-state index is 0.224. The minimum Gasteiger partial charge on any atom is -0.466 e. The molecule has 1 heterocycles. The normalized spacial score (nSPS) is 10.4. The molecule has 20 heavy (non-hydrogen) atoms. The molecule has 0 spiro atoms. The van der Waals surface area contributed by atoms with Crippen molar-refractivity contribution in [3.8, 4) is 11.5 Å². The fourth-order valence-electron chi connectivity index (χ4n) is 1.47. The van der Waals surface area contributed by atoms with Crippen LogP contribution < -0.4 is 5.73 Å². The Kier molecular flexibility index (Phi) is 5.00. The van der Waals surface area contributed by atoms with Crippen LogP contribution in [0.3, 0.4) is 0 Å².